The number of ether oxygens (including phenoxy) is 1. The highest BCUT2D eigenvalue weighted by Gasteiger charge is 2.14. The number of methoxy groups -OCH3 is 1. The summed E-state index contributed by atoms with van der Waals surface area (Å²) in [5.41, 5.74) is 2.89. The number of hydrogen-bond acceptors (Lipinski definition) is 4. The summed E-state index contributed by atoms with van der Waals surface area (Å²) in [6, 6.07) is 22.4. The van der Waals surface area contributed by atoms with Gasteiger partial charge in [-0.2, -0.15) is 0 Å². The third-order valence-electron chi connectivity index (χ3n) is 4.23. The molecule has 0 unspecified atom stereocenters. The molecule has 132 valence electrons. The number of hydrogen-bond donors (Lipinski definition) is 1. The zero-order chi connectivity index (χ0) is 18.6. The summed E-state index contributed by atoms with van der Waals surface area (Å²) >= 11 is 0. The maximum absolute atomic E-state index is 12.9. The lowest BCUT2D eigenvalue weighted by molar-refractivity contribution is 0.102. The van der Waals surface area contributed by atoms with Crippen LogP contribution in [0.5, 0.6) is 5.75 Å². The predicted octanol–water partition coefficient (Wildman–Crippen LogP) is 4.56. The van der Waals surface area contributed by atoms with Gasteiger partial charge < -0.3 is 10.1 Å². The van der Waals surface area contributed by atoms with Crippen LogP contribution in [0.4, 0.5) is 5.82 Å². The average molecular weight is 355 g/mol. The zero-order valence-electron chi connectivity index (χ0n) is 14.7. The first-order valence-electron chi connectivity index (χ1n) is 8.51. The van der Waals surface area contributed by atoms with E-state index >= 15 is 0 Å². The molecule has 27 heavy (non-hydrogen) atoms. The molecule has 0 saturated carbocycles. The van der Waals surface area contributed by atoms with E-state index in [2.05, 4.69) is 10.3 Å². The molecule has 2 aromatic heterocycles. The van der Waals surface area contributed by atoms with Gasteiger partial charge in [-0.15, -0.1) is 0 Å². The molecule has 0 aliphatic rings. The number of para-hydroxylation sites is 1. The summed E-state index contributed by atoms with van der Waals surface area (Å²) < 4.78 is 5.31. The van der Waals surface area contributed by atoms with Gasteiger partial charge in [-0.1, -0.05) is 36.4 Å². The topological polar surface area (TPSA) is 64.1 Å². The summed E-state index contributed by atoms with van der Waals surface area (Å²) in [7, 11) is 1.62. The fraction of sp³-hybridized carbons (Fsp3) is 0.0455. The predicted molar refractivity (Wildman–Crippen MR) is 106 cm³/mol. The van der Waals surface area contributed by atoms with Gasteiger partial charge in [0.15, 0.2) is 0 Å². The van der Waals surface area contributed by atoms with Crippen molar-refractivity contribution >= 4 is 22.6 Å². The first-order valence-corrected chi connectivity index (χ1v) is 8.51. The van der Waals surface area contributed by atoms with E-state index in [1.165, 1.54) is 0 Å². The monoisotopic (exact) mass is 355 g/mol. The molecule has 0 atom stereocenters. The number of fused-ring (bicyclic) bond motifs is 1. The number of nitrogens with one attached hydrogen (secondary N) is 1. The van der Waals surface area contributed by atoms with Gasteiger partial charge in [0.05, 0.1) is 23.9 Å². The molecule has 4 aromatic rings. The van der Waals surface area contributed by atoms with E-state index in [9.17, 15) is 4.79 Å². The van der Waals surface area contributed by atoms with Crippen molar-refractivity contribution in [1.29, 1.82) is 0 Å². The van der Waals surface area contributed by atoms with Crippen molar-refractivity contribution in [2.45, 2.75) is 0 Å². The van der Waals surface area contributed by atoms with Crippen LogP contribution in [0.3, 0.4) is 0 Å². The summed E-state index contributed by atoms with van der Waals surface area (Å²) in [6.45, 7) is 0. The highest BCUT2D eigenvalue weighted by molar-refractivity contribution is 6.12. The van der Waals surface area contributed by atoms with Crippen molar-refractivity contribution in [3.05, 3.63) is 84.6 Å². The SMILES string of the molecule is COc1cccc(-c2cc(C(=O)Nc3ccccn3)c3ccccc3n2)c1. The molecule has 5 nitrogen and oxygen atoms in total. The number of pyridine rings is 2. The third-order valence-corrected chi connectivity index (χ3v) is 4.23. The second kappa shape index (κ2) is 7.25. The Morgan fingerprint density at radius 1 is 0.963 bits per heavy atom. The van der Waals surface area contributed by atoms with Crippen LogP contribution in [0, 0.1) is 0 Å². The van der Waals surface area contributed by atoms with Crippen LogP contribution >= 0.6 is 0 Å². The summed E-state index contributed by atoms with van der Waals surface area (Å²) in [5, 5.41) is 3.64. The van der Waals surface area contributed by atoms with Gasteiger partial charge in [0.25, 0.3) is 5.91 Å². The molecule has 0 aliphatic carbocycles. The minimum atomic E-state index is -0.226. The van der Waals surface area contributed by atoms with E-state index in [-0.39, 0.29) is 5.91 Å². The minimum absolute atomic E-state index is 0.226. The van der Waals surface area contributed by atoms with E-state index in [0.29, 0.717) is 17.1 Å². The molecule has 4 rings (SSSR count). The lowest BCUT2D eigenvalue weighted by Crippen LogP contribution is -2.14. The van der Waals surface area contributed by atoms with Crippen molar-refractivity contribution in [2.75, 3.05) is 12.4 Å². The number of amides is 1. The molecule has 0 spiro atoms. The number of carbonyl (C=O) groups excluding carboxylic acids is 1. The van der Waals surface area contributed by atoms with Gasteiger partial charge in [-0.25, -0.2) is 9.97 Å². The van der Waals surface area contributed by atoms with Crippen molar-refractivity contribution in [3.8, 4) is 17.0 Å². The average Bonchev–Trinajstić information content (AvgIpc) is 2.73. The third kappa shape index (κ3) is 3.48. The van der Waals surface area contributed by atoms with Gasteiger partial charge >= 0.3 is 0 Å². The largest absolute Gasteiger partial charge is 0.497 e. The molecule has 2 aromatic carbocycles. The van der Waals surface area contributed by atoms with Crippen molar-refractivity contribution in [2.24, 2.45) is 0 Å². The zero-order valence-corrected chi connectivity index (χ0v) is 14.7. The van der Waals surface area contributed by atoms with Crippen LogP contribution in [0.15, 0.2) is 79.0 Å². The molecule has 0 aliphatic heterocycles. The molecule has 1 amide bonds. The Bertz CT molecular complexity index is 1110. The highest BCUT2D eigenvalue weighted by Crippen LogP contribution is 2.27. The smallest absolute Gasteiger partial charge is 0.257 e. The van der Waals surface area contributed by atoms with E-state index in [0.717, 1.165) is 22.2 Å². The first-order chi connectivity index (χ1) is 13.2. The maximum atomic E-state index is 12.9. The number of rotatable bonds is 4. The van der Waals surface area contributed by atoms with Crippen LogP contribution in [0.1, 0.15) is 10.4 Å². The summed E-state index contributed by atoms with van der Waals surface area (Å²) in [5.74, 6) is 1.02. The summed E-state index contributed by atoms with van der Waals surface area (Å²) in [6.07, 6.45) is 1.64. The Kier molecular flexibility index (Phi) is 4.49. The molecule has 0 fully saturated rings. The Labute approximate surface area is 156 Å². The summed E-state index contributed by atoms with van der Waals surface area (Å²) in [4.78, 5) is 21.8. The van der Waals surface area contributed by atoms with Gasteiger partial charge in [-0.3, -0.25) is 4.79 Å². The molecule has 1 N–H and O–H groups in total. The quantitative estimate of drug-likeness (QED) is 0.583. The van der Waals surface area contributed by atoms with Crippen LogP contribution in [0.25, 0.3) is 22.2 Å². The first kappa shape index (κ1) is 16.7. The van der Waals surface area contributed by atoms with Gasteiger partial charge in [0.2, 0.25) is 0 Å². The minimum Gasteiger partial charge on any atom is -0.497 e. The normalized spacial score (nSPS) is 10.6. The lowest BCUT2D eigenvalue weighted by atomic mass is 10.0. The van der Waals surface area contributed by atoms with Gasteiger partial charge in [-0.05, 0) is 36.4 Å². The Hall–Kier alpha value is -3.73. The van der Waals surface area contributed by atoms with Gasteiger partial charge in [0.1, 0.15) is 11.6 Å². The van der Waals surface area contributed by atoms with Crippen LogP contribution in [0.2, 0.25) is 0 Å². The number of aromatic nitrogens is 2. The van der Waals surface area contributed by atoms with Crippen molar-refractivity contribution in [3.63, 3.8) is 0 Å². The Balaban J connectivity index is 1.82. The maximum Gasteiger partial charge on any atom is 0.257 e. The molecule has 2 heterocycles. The van der Waals surface area contributed by atoms with E-state index in [1.54, 1.807) is 31.5 Å². The molecular formula is C22H17N3O2. The molecule has 0 saturated heterocycles. The fourth-order valence-electron chi connectivity index (χ4n) is 2.91. The number of benzene rings is 2. The van der Waals surface area contributed by atoms with Crippen LogP contribution in [-0.2, 0) is 0 Å². The van der Waals surface area contributed by atoms with Gasteiger partial charge in [0, 0.05) is 17.1 Å². The van der Waals surface area contributed by atoms with Crippen molar-refractivity contribution in [1.82, 2.24) is 9.97 Å². The Morgan fingerprint density at radius 2 is 1.81 bits per heavy atom. The van der Waals surface area contributed by atoms with Crippen molar-refractivity contribution < 1.29 is 9.53 Å². The van der Waals surface area contributed by atoms with E-state index in [1.807, 2.05) is 54.6 Å². The lowest BCUT2D eigenvalue weighted by Gasteiger charge is -2.11. The standard InChI is InChI=1S/C22H17N3O2/c1-27-16-8-6-7-15(13-16)20-14-18(17-9-2-3-10-19(17)24-20)22(26)25-21-11-4-5-12-23-21/h2-14H,1H3,(H,23,25,26). The molecule has 0 radical (unpaired) electrons. The Morgan fingerprint density at radius 3 is 2.63 bits per heavy atom. The number of carbonyl (C=O) groups is 1. The molecular weight excluding hydrogens is 338 g/mol. The molecule has 5 heteroatoms. The van der Waals surface area contributed by atoms with Crippen LogP contribution in [-0.4, -0.2) is 23.0 Å². The number of nitrogens with zero attached hydrogens (tertiary/aromatic N) is 2. The van der Waals surface area contributed by atoms with E-state index < -0.39 is 0 Å². The van der Waals surface area contributed by atoms with E-state index in [4.69, 9.17) is 9.72 Å². The molecule has 0 bridgehead atoms. The fourth-order valence-corrected chi connectivity index (χ4v) is 2.91. The second-order valence-electron chi connectivity index (χ2n) is 5.97. The highest BCUT2D eigenvalue weighted by atomic mass is 16.5. The second-order valence-corrected chi connectivity index (χ2v) is 5.97. The number of anilines is 1. The van der Waals surface area contributed by atoms with Crippen LogP contribution < -0.4 is 10.1 Å².